The highest BCUT2D eigenvalue weighted by atomic mass is 16.5. The standard InChI is InChI=1S/C11H18N4O2/c1-7(2)10(12)11(16)13-6-8-4-5-9(17-3)15-14-8/h4-5,7,10H,6,12H2,1-3H3,(H,13,16)/t10-/m0/s1. The van der Waals surface area contributed by atoms with Crippen LogP contribution in [0.3, 0.4) is 0 Å². The molecule has 94 valence electrons. The summed E-state index contributed by atoms with van der Waals surface area (Å²) < 4.78 is 4.88. The fourth-order valence-corrected chi connectivity index (χ4v) is 1.15. The van der Waals surface area contributed by atoms with Gasteiger partial charge in [-0.1, -0.05) is 13.8 Å². The van der Waals surface area contributed by atoms with Crippen LogP contribution in [0.25, 0.3) is 0 Å². The van der Waals surface area contributed by atoms with Crippen LogP contribution in [0.5, 0.6) is 5.88 Å². The Bertz CT molecular complexity index is 364. The van der Waals surface area contributed by atoms with Gasteiger partial charge in [-0.05, 0) is 12.0 Å². The van der Waals surface area contributed by atoms with Gasteiger partial charge in [-0.15, -0.1) is 5.10 Å². The Morgan fingerprint density at radius 3 is 2.65 bits per heavy atom. The summed E-state index contributed by atoms with van der Waals surface area (Å²) in [6.45, 7) is 4.12. The van der Waals surface area contributed by atoms with E-state index >= 15 is 0 Å². The molecule has 1 atom stereocenters. The molecule has 0 aliphatic heterocycles. The van der Waals surface area contributed by atoms with Gasteiger partial charge in [0.25, 0.3) is 0 Å². The van der Waals surface area contributed by atoms with E-state index in [1.54, 1.807) is 12.1 Å². The first-order valence-corrected chi connectivity index (χ1v) is 5.44. The fourth-order valence-electron chi connectivity index (χ4n) is 1.15. The highest BCUT2D eigenvalue weighted by Crippen LogP contribution is 2.03. The largest absolute Gasteiger partial charge is 0.480 e. The molecule has 0 aliphatic carbocycles. The van der Waals surface area contributed by atoms with Crippen LogP contribution in [0.1, 0.15) is 19.5 Å². The Labute approximate surface area is 101 Å². The number of rotatable bonds is 5. The second kappa shape index (κ2) is 6.15. The number of carbonyl (C=O) groups excluding carboxylic acids is 1. The van der Waals surface area contributed by atoms with Crippen LogP contribution >= 0.6 is 0 Å². The van der Waals surface area contributed by atoms with Crippen LogP contribution < -0.4 is 15.8 Å². The second-order valence-electron chi connectivity index (χ2n) is 4.05. The van der Waals surface area contributed by atoms with Gasteiger partial charge in [0.05, 0.1) is 25.4 Å². The molecule has 0 fully saturated rings. The highest BCUT2D eigenvalue weighted by molar-refractivity contribution is 5.81. The monoisotopic (exact) mass is 238 g/mol. The van der Waals surface area contributed by atoms with Gasteiger partial charge in [-0.2, -0.15) is 5.10 Å². The molecule has 1 amide bonds. The number of carbonyl (C=O) groups is 1. The molecule has 0 bridgehead atoms. The van der Waals surface area contributed by atoms with Crippen molar-refractivity contribution in [3.05, 3.63) is 17.8 Å². The van der Waals surface area contributed by atoms with Crippen LogP contribution in [0, 0.1) is 5.92 Å². The first kappa shape index (κ1) is 13.4. The Hall–Kier alpha value is -1.69. The smallest absolute Gasteiger partial charge is 0.237 e. The minimum atomic E-state index is -0.499. The summed E-state index contributed by atoms with van der Waals surface area (Å²) in [7, 11) is 1.52. The SMILES string of the molecule is COc1ccc(CNC(=O)[C@@H](N)C(C)C)nn1. The Kier molecular flexibility index (Phi) is 4.84. The van der Waals surface area contributed by atoms with Gasteiger partial charge < -0.3 is 15.8 Å². The molecule has 6 nitrogen and oxygen atoms in total. The number of aromatic nitrogens is 2. The quantitative estimate of drug-likeness (QED) is 0.758. The lowest BCUT2D eigenvalue weighted by Crippen LogP contribution is -2.43. The number of hydrogen-bond donors (Lipinski definition) is 2. The lowest BCUT2D eigenvalue weighted by molar-refractivity contribution is -0.123. The summed E-state index contributed by atoms with van der Waals surface area (Å²) in [6.07, 6.45) is 0. The summed E-state index contributed by atoms with van der Waals surface area (Å²) in [6, 6.07) is 2.94. The minimum Gasteiger partial charge on any atom is -0.480 e. The van der Waals surface area contributed by atoms with Gasteiger partial charge in [0, 0.05) is 6.07 Å². The molecule has 0 aromatic carbocycles. The number of amides is 1. The maximum absolute atomic E-state index is 11.6. The van der Waals surface area contributed by atoms with E-state index in [4.69, 9.17) is 10.5 Å². The molecule has 1 heterocycles. The number of nitrogens with two attached hydrogens (primary N) is 1. The molecule has 0 saturated carbocycles. The van der Waals surface area contributed by atoms with E-state index < -0.39 is 6.04 Å². The molecular weight excluding hydrogens is 220 g/mol. The normalized spacial score (nSPS) is 12.3. The third kappa shape index (κ3) is 3.99. The topological polar surface area (TPSA) is 90.1 Å². The van der Waals surface area contributed by atoms with Crippen LogP contribution in [-0.4, -0.2) is 29.3 Å². The number of hydrogen-bond acceptors (Lipinski definition) is 5. The number of methoxy groups -OCH3 is 1. The van der Waals surface area contributed by atoms with Crippen molar-refractivity contribution in [1.29, 1.82) is 0 Å². The number of nitrogens with one attached hydrogen (secondary N) is 1. The van der Waals surface area contributed by atoms with Crippen LogP contribution in [0.2, 0.25) is 0 Å². The molecule has 0 spiro atoms. The predicted octanol–water partition coefficient (Wildman–Crippen LogP) is 0.0847. The van der Waals surface area contributed by atoms with E-state index in [-0.39, 0.29) is 11.8 Å². The molecule has 0 radical (unpaired) electrons. The van der Waals surface area contributed by atoms with Gasteiger partial charge in [-0.3, -0.25) is 4.79 Å². The van der Waals surface area contributed by atoms with Crippen molar-refractivity contribution in [3.8, 4) is 5.88 Å². The first-order chi connectivity index (χ1) is 8.04. The molecule has 0 unspecified atom stereocenters. The zero-order valence-electron chi connectivity index (χ0n) is 10.3. The zero-order valence-corrected chi connectivity index (χ0v) is 10.3. The number of ether oxygens (including phenoxy) is 1. The molecule has 0 saturated heterocycles. The first-order valence-electron chi connectivity index (χ1n) is 5.44. The Morgan fingerprint density at radius 1 is 1.47 bits per heavy atom. The van der Waals surface area contributed by atoms with Gasteiger partial charge in [0.2, 0.25) is 11.8 Å². The predicted molar refractivity (Wildman–Crippen MR) is 63.2 cm³/mol. The minimum absolute atomic E-state index is 0.108. The van der Waals surface area contributed by atoms with Gasteiger partial charge in [-0.25, -0.2) is 0 Å². The molecular formula is C11H18N4O2. The third-order valence-corrected chi connectivity index (χ3v) is 2.37. The third-order valence-electron chi connectivity index (χ3n) is 2.37. The fraction of sp³-hybridized carbons (Fsp3) is 0.545. The van der Waals surface area contributed by atoms with E-state index in [1.165, 1.54) is 7.11 Å². The van der Waals surface area contributed by atoms with E-state index in [0.29, 0.717) is 18.1 Å². The van der Waals surface area contributed by atoms with Crippen molar-refractivity contribution in [2.45, 2.75) is 26.4 Å². The Balaban J connectivity index is 2.47. The zero-order chi connectivity index (χ0) is 12.8. The van der Waals surface area contributed by atoms with Crippen LogP contribution in [0.15, 0.2) is 12.1 Å². The summed E-state index contributed by atoms with van der Waals surface area (Å²) in [5, 5.41) is 10.4. The summed E-state index contributed by atoms with van der Waals surface area (Å²) in [4.78, 5) is 11.6. The van der Waals surface area contributed by atoms with E-state index in [1.807, 2.05) is 13.8 Å². The molecule has 1 rings (SSSR count). The van der Waals surface area contributed by atoms with Crippen molar-refractivity contribution in [1.82, 2.24) is 15.5 Å². The van der Waals surface area contributed by atoms with Crippen molar-refractivity contribution >= 4 is 5.91 Å². The molecule has 1 aromatic rings. The summed E-state index contributed by atoms with van der Waals surface area (Å²) in [5.41, 5.74) is 6.36. The maximum atomic E-state index is 11.6. The summed E-state index contributed by atoms with van der Waals surface area (Å²) in [5.74, 6) is 0.369. The molecule has 0 aliphatic rings. The van der Waals surface area contributed by atoms with E-state index in [9.17, 15) is 4.79 Å². The van der Waals surface area contributed by atoms with Gasteiger partial charge >= 0.3 is 0 Å². The molecule has 1 aromatic heterocycles. The molecule has 3 N–H and O–H groups in total. The van der Waals surface area contributed by atoms with E-state index in [2.05, 4.69) is 15.5 Å². The summed E-state index contributed by atoms with van der Waals surface area (Å²) >= 11 is 0. The van der Waals surface area contributed by atoms with Crippen molar-refractivity contribution in [3.63, 3.8) is 0 Å². The average Bonchev–Trinajstić information content (AvgIpc) is 2.35. The maximum Gasteiger partial charge on any atom is 0.237 e. The van der Waals surface area contributed by atoms with Crippen molar-refractivity contribution < 1.29 is 9.53 Å². The lowest BCUT2D eigenvalue weighted by Gasteiger charge is -2.14. The Morgan fingerprint density at radius 2 is 2.18 bits per heavy atom. The second-order valence-corrected chi connectivity index (χ2v) is 4.05. The lowest BCUT2D eigenvalue weighted by atomic mass is 10.1. The molecule has 17 heavy (non-hydrogen) atoms. The number of nitrogens with zero attached hydrogens (tertiary/aromatic N) is 2. The molecule has 6 heteroatoms. The average molecular weight is 238 g/mol. The van der Waals surface area contributed by atoms with E-state index in [0.717, 1.165) is 0 Å². The highest BCUT2D eigenvalue weighted by Gasteiger charge is 2.16. The van der Waals surface area contributed by atoms with Gasteiger partial charge in [0.1, 0.15) is 0 Å². The van der Waals surface area contributed by atoms with Crippen LogP contribution in [-0.2, 0) is 11.3 Å². The van der Waals surface area contributed by atoms with Crippen molar-refractivity contribution in [2.24, 2.45) is 11.7 Å². The van der Waals surface area contributed by atoms with Crippen LogP contribution in [0.4, 0.5) is 0 Å². The van der Waals surface area contributed by atoms with Crippen molar-refractivity contribution in [2.75, 3.05) is 7.11 Å². The van der Waals surface area contributed by atoms with Gasteiger partial charge in [0.15, 0.2) is 0 Å².